The van der Waals surface area contributed by atoms with Crippen molar-refractivity contribution in [1.29, 1.82) is 0 Å². The fourth-order valence-electron chi connectivity index (χ4n) is 0.811. The van der Waals surface area contributed by atoms with Crippen molar-refractivity contribution in [3.63, 3.8) is 0 Å². The van der Waals surface area contributed by atoms with Crippen LogP contribution < -0.4 is 9.08 Å². The molecule has 0 bridgehead atoms. The summed E-state index contributed by atoms with van der Waals surface area (Å²) in [5.41, 5.74) is 0.996. The Bertz CT molecular complexity index is 227. The molecule has 1 rings (SSSR count). The van der Waals surface area contributed by atoms with E-state index in [1.165, 1.54) is 0 Å². The molecule has 1 aromatic carbocycles. The van der Waals surface area contributed by atoms with Crippen LogP contribution in [0.1, 0.15) is 6.92 Å². The third-order valence-corrected chi connectivity index (χ3v) is 1.71. The Hall–Kier alpha value is -0.700. The van der Waals surface area contributed by atoms with Crippen molar-refractivity contribution in [3.8, 4) is 5.75 Å². The summed E-state index contributed by atoms with van der Waals surface area (Å²) in [6.07, 6.45) is 0. The average molecular weight is 216 g/mol. The van der Waals surface area contributed by atoms with Crippen LogP contribution in [0.25, 0.3) is 0 Å². The van der Waals surface area contributed by atoms with E-state index < -0.39 is 0 Å². The van der Waals surface area contributed by atoms with Crippen LogP contribution in [0, 0.1) is 0 Å². The second-order valence-corrected chi connectivity index (χ2v) is 2.45. The molecule has 1 aromatic rings. The van der Waals surface area contributed by atoms with Crippen LogP contribution in [-0.2, 0) is 0 Å². The van der Waals surface area contributed by atoms with E-state index in [1.54, 1.807) is 0 Å². The van der Waals surface area contributed by atoms with E-state index in [4.69, 9.17) is 4.74 Å². The zero-order chi connectivity index (χ0) is 8.10. The van der Waals surface area contributed by atoms with Gasteiger partial charge in [-0.25, -0.2) is 0 Å². The van der Waals surface area contributed by atoms with Crippen LogP contribution in [0.5, 0.6) is 5.75 Å². The van der Waals surface area contributed by atoms with Gasteiger partial charge in [0.15, 0.2) is 0 Å². The van der Waals surface area contributed by atoms with Gasteiger partial charge in [-0.15, -0.1) is 0 Å². The number of halogens is 1. The first-order valence-electron chi connectivity index (χ1n) is 3.46. The molecule has 11 heavy (non-hydrogen) atoms. The number of hydrogen-bond donors (Lipinski definition) is 1. The van der Waals surface area contributed by atoms with Crippen molar-refractivity contribution < 1.29 is 4.74 Å². The molecular formula is C8H10BrNO. The molecule has 0 unspecified atom stereocenters. The molecule has 3 heteroatoms. The van der Waals surface area contributed by atoms with Gasteiger partial charge in [-0.3, -0.25) is 0 Å². The normalized spacial score (nSPS) is 9.27. The van der Waals surface area contributed by atoms with Gasteiger partial charge in [-0.1, -0.05) is 6.07 Å². The second kappa shape index (κ2) is 4.23. The molecule has 1 N–H and O–H groups in total. The Balaban J connectivity index is 2.74. The van der Waals surface area contributed by atoms with Gasteiger partial charge in [0.1, 0.15) is 5.75 Å². The highest BCUT2D eigenvalue weighted by molar-refractivity contribution is 9.10. The van der Waals surface area contributed by atoms with E-state index >= 15 is 0 Å². The molecule has 0 heterocycles. The number of nitrogens with one attached hydrogen (secondary N) is 1. The van der Waals surface area contributed by atoms with Gasteiger partial charge in [0.2, 0.25) is 0 Å². The van der Waals surface area contributed by atoms with Crippen molar-refractivity contribution in [3.05, 3.63) is 24.3 Å². The predicted octanol–water partition coefficient (Wildman–Crippen LogP) is 2.81. The lowest BCUT2D eigenvalue weighted by Gasteiger charge is -2.03. The molecule has 60 valence electrons. The third kappa shape index (κ3) is 2.42. The first kappa shape index (κ1) is 8.40. The van der Waals surface area contributed by atoms with Crippen LogP contribution in [0.2, 0.25) is 0 Å². The first-order valence-corrected chi connectivity index (χ1v) is 4.25. The van der Waals surface area contributed by atoms with Gasteiger partial charge >= 0.3 is 0 Å². The molecule has 0 radical (unpaired) electrons. The largest absolute Gasteiger partial charge is 0.494 e. The smallest absolute Gasteiger partial charge is 0.121 e. The molecule has 0 aromatic heterocycles. The number of rotatable bonds is 3. The maximum atomic E-state index is 5.29. The molecule has 0 aliphatic carbocycles. The maximum absolute atomic E-state index is 5.29. The van der Waals surface area contributed by atoms with E-state index in [-0.39, 0.29) is 0 Å². The van der Waals surface area contributed by atoms with E-state index in [0.29, 0.717) is 6.61 Å². The summed E-state index contributed by atoms with van der Waals surface area (Å²) >= 11 is 3.14. The number of benzene rings is 1. The standard InChI is InChI=1S/C8H10BrNO/c1-2-11-8-5-3-4-7(6-8)10-9/h3-6,10H,2H2,1H3. The highest BCUT2D eigenvalue weighted by Crippen LogP contribution is 2.17. The molecule has 0 spiro atoms. The van der Waals surface area contributed by atoms with E-state index in [1.807, 2.05) is 31.2 Å². The fraction of sp³-hybridized carbons (Fsp3) is 0.250. The molecule has 0 amide bonds. The predicted molar refractivity (Wildman–Crippen MR) is 50.2 cm³/mol. The Labute approximate surface area is 74.9 Å². The van der Waals surface area contributed by atoms with E-state index in [0.717, 1.165) is 11.4 Å². The zero-order valence-corrected chi connectivity index (χ0v) is 7.89. The monoisotopic (exact) mass is 215 g/mol. The highest BCUT2D eigenvalue weighted by Gasteiger charge is 1.92. The van der Waals surface area contributed by atoms with Crippen molar-refractivity contribution in [2.75, 3.05) is 10.9 Å². The van der Waals surface area contributed by atoms with E-state index in [2.05, 4.69) is 20.5 Å². The minimum absolute atomic E-state index is 0.700. The summed E-state index contributed by atoms with van der Waals surface area (Å²) in [4.78, 5) is 0. The van der Waals surface area contributed by atoms with Gasteiger partial charge in [-0.05, 0) is 19.1 Å². The van der Waals surface area contributed by atoms with Crippen molar-refractivity contribution >= 4 is 21.8 Å². The lowest BCUT2D eigenvalue weighted by molar-refractivity contribution is 0.340. The topological polar surface area (TPSA) is 21.3 Å². The molecule has 0 aliphatic rings. The zero-order valence-electron chi connectivity index (χ0n) is 6.30. The lowest BCUT2D eigenvalue weighted by Crippen LogP contribution is -1.91. The van der Waals surface area contributed by atoms with Crippen LogP contribution >= 0.6 is 16.1 Å². The Morgan fingerprint density at radius 3 is 3.00 bits per heavy atom. The fourth-order valence-corrected chi connectivity index (χ4v) is 1.06. The SMILES string of the molecule is CCOc1cccc(NBr)c1. The lowest BCUT2D eigenvalue weighted by atomic mass is 10.3. The van der Waals surface area contributed by atoms with Gasteiger partial charge in [-0.2, -0.15) is 0 Å². The van der Waals surface area contributed by atoms with Gasteiger partial charge in [0, 0.05) is 27.9 Å². The highest BCUT2D eigenvalue weighted by atomic mass is 79.9. The summed E-state index contributed by atoms with van der Waals surface area (Å²) < 4.78 is 8.15. The van der Waals surface area contributed by atoms with Gasteiger partial charge in [0.25, 0.3) is 0 Å². The Kier molecular flexibility index (Phi) is 3.23. The summed E-state index contributed by atoms with van der Waals surface area (Å²) in [5, 5.41) is 0. The van der Waals surface area contributed by atoms with Crippen LogP contribution in [-0.4, -0.2) is 6.61 Å². The molecule has 0 saturated heterocycles. The van der Waals surface area contributed by atoms with Crippen LogP contribution in [0.4, 0.5) is 5.69 Å². The van der Waals surface area contributed by atoms with Crippen molar-refractivity contribution in [2.24, 2.45) is 0 Å². The Morgan fingerprint density at radius 2 is 2.36 bits per heavy atom. The minimum atomic E-state index is 0.700. The van der Waals surface area contributed by atoms with Crippen molar-refractivity contribution in [1.82, 2.24) is 0 Å². The van der Waals surface area contributed by atoms with Crippen molar-refractivity contribution in [2.45, 2.75) is 6.92 Å². The maximum Gasteiger partial charge on any atom is 0.121 e. The summed E-state index contributed by atoms with van der Waals surface area (Å²) in [5.74, 6) is 0.886. The van der Waals surface area contributed by atoms with E-state index in [9.17, 15) is 0 Å². The number of hydrogen-bond acceptors (Lipinski definition) is 2. The summed E-state index contributed by atoms with van der Waals surface area (Å²) in [7, 11) is 0. The average Bonchev–Trinajstić information content (AvgIpc) is 2.06. The molecule has 0 atom stereocenters. The molecule has 2 nitrogen and oxygen atoms in total. The Morgan fingerprint density at radius 1 is 1.55 bits per heavy atom. The third-order valence-electron chi connectivity index (χ3n) is 1.25. The number of anilines is 1. The van der Waals surface area contributed by atoms with Crippen LogP contribution in [0.3, 0.4) is 0 Å². The van der Waals surface area contributed by atoms with Crippen LogP contribution in [0.15, 0.2) is 24.3 Å². The summed E-state index contributed by atoms with van der Waals surface area (Å²) in [6, 6.07) is 7.75. The quantitative estimate of drug-likeness (QED) is 0.784. The van der Waals surface area contributed by atoms with Gasteiger partial charge in [0.05, 0.1) is 6.61 Å². The summed E-state index contributed by atoms with van der Waals surface area (Å²) in [6.45, 7) is 2.67. The minimum Gasteiger partial charge on any atom is -0.494 e. The second-order valence-electron chi connectivity index (χ2n) is 2.06. The van der Waals surface area contributed by atoms with Gasteiger partial charge < -0.3 is 9.08 Å². The number of ether oxygens (including phenoxy) is 1. The molecule has 0 fully saturated rings. The first-order chi connectivity index (χ1) is 5.36. The molecule has 0 saturated carbocycles. The molecule has 0 aliphatic heterocycles. The molecular weight excluding hydrogens is 206 g/mol.